The average molecular weight is 685 g/mol. The highest BCUT2D eigenvalue weighted by Crippen LogP contribution is 2.44. The van der Waals surface area contributed by atoms with Crippen molar-refractivity contribution >= 4 is 32.3 Å². The van der Waals surface area contributed by atoms with Gasteiger partial charge in [-0.3, -0.25) is 0 Å². The monoisotopic (exact) mass is 684 g/mol. The molecular weight excluding hydrogens is 649 g/mol. The second-order valence-corrected chi connectivity index (χ2v) is 14.1. The van der Waals surface area contributed by atoms with E-state index in [1.165, 1.54) is 99.1 Å². The molecule has 0 nitrogen and oxygen atoms in total. The van der Waals surface area contributed by atoms with Crippen LogP contribution in [0.5, 0.6) is 0 Å². The third-order valence-corrected chi connectivity index (χ3v) is 10.8. The maximum absolute atomic E-state index is 2.44. The first-order chi connectivity index (χ1) is 26.8. The lowest BCUT2D eigenvalue weighted by molar-refractivity contribution is 1.57. The molecule has 10 aromatic rings. The molecule has 0 N–H and O–H groups in total. The van der Waals surface area contributed by atoms with Crippen LogP contribution in [0, 0.1) is 0 Å². The van der Waals surface area contributed by atoms with Crippen molar-refractivity contribution in [2.75, 3.05) is 0 Å². The first-order valence-electron chi connectivity index (χ1n) is 18.7. The lowest BCUT2D eigenvalue weighted by atomic mass is 9.85. The molecule has 10 rings (SSSR count). The Hall–Kier alpha value is -7.02. The zero-order valence-electron chi connectivity index (χ0n) is 29.8. The van der Waals surface area contributed by atoms with Crippen molar-refractivity contribution in [1.82, 2.24) is 0 Å². The van der Waals surface area contributed by atoms with Gasteiger partial charge < -0.3 is 0 Å². The molecule has 0 radical (unpaired) electrons. The van der Waals surface area contributed by atoms with Crippen molar-refractivity contribution in [2.24, 2.45) is 0 Å². The van der Waals surface area contributed by atoms with E-state index in [2.05, 4.69) is 218 Å². The fraction of sp³-hybridized carbons (Fsp3) is 0. The number of hydrogen-bond acceptors (Lipinski definition) is 0. The molecule has 0 saturated heterocycles. The second kappa shape index (κ2) is 13.5. The Morgan fingerprint density at radius 1 is 0.185 bits per heavy atom. The van der Waals surface area contributed by atoms with Gasteiger partial charge in [0.25, 0.3) is 0 Å². The van der Waals surface area contributed by atoms with Crippen molar-refractivity contribution in [3.8, 4) is 66.8 Å². The summed E-state index contributed by atoms with van der Waals surface area (Å²) in [5.41, 5.74) is 14.6. The first kappa shape index (κ1) is 31.7. The molecule has 0 aliphatic rings. The van der Waals surface area contributed by atoms with E-state index in [1.807, 2.05) is 0 Å². The molecule has 0 aliphatic heterocycles. The summed E-state index contributed by atoms with van der Waals surface area (Å²) in [7, 11) is 0. The molecule has 0 bridgehead atoms. The van der Waals surface area contributed by atoms with Gasteiger partial charge in [0, 0.05) is 0 Å². The van der Waals surface area contributed by atoms with Gasteiger partial charge in [0.2, 0.25) is 0 Å². The summed E-state index contributed by atoms with van der Waals surface area (Å²) in [4.78, 5) is 0. The summed E-state index contributed by atoms with van der Waals surface area (Å²) in [5, 5.41) is 7.56. The molecular formula is C54H36. The maximum Gasteiger partial charge on any atom is -0.00259 e. The molecule has 0 amide bonds. The maximum atomic E-state index is 2.44. The molecule has 0 aromatic heterocycles. The van der Waals surface area contributed by atoms with Crippen molar-refractivity contribution < 1.29 is 0 Å². The highest BCUT2D eigenvalue weighted by Gasteiger charge is 2.17. The van der Waals surface area contributed by atoms with Gasteiger partial charge in [-0.15, -0.1) is 0 Å². The number of fused-ring (bicyclic) bond motifs is 5. The Balaban J connectivity index is 1.26. The fourth-order valence-electron chi connectivity index (χ4n) is 8.21. The molecule has 0 atom stereocenters. The number of rotatable bonds is 6. The standard InChI is InChI=1S/C54H36/c1-5-17-37(18-6-1)41-29-42(38-19-7-2-8-20-38)32-45(31-41)52-35-47-36-53(49-26-14-16-28-51(49)54(47)50-27-15-13-25-48(50)52)46-33-43(39-21-9-3-10-22-39)30-44(34-46)40-23-11-4-12-24-40/h1-36H. The molecule has 54 heavy (non-hydrogen) atoms. The Kier molecular flexibility index (Phi) is 7.93. The van der Waals surface area contributed by atoms with Crippen molar-refractivity contribution in [2.45, 2.75) is 0 Å². The van der Waals surface area contributed by atoms with E-state index in [0.717, 1.165) is 0 Å². The van der Waals surface area contributed by atoms with E-state index >= 15 is 0 Å². The van der Waals surface area contributed by atoms with Crippen LogP contribution < -0.4 is 0 Å². The zero-order chi connectivity index (χ0) is 35.8. The molecule has 0 heteroatoms. The van der Waals surface area contributed by atoms with Crippen LogP contribution in [0.25, 0.3) is 99.1 Å². The molecule has 0 fully saturated rings. The number of hydrogen-bond donors (Lipinski definition) is 0. The van der Waals surface area contributed by atoms with Crippen molar-refractivity contribution in [3.63, 3.8) is 0 Å². The van der Waals surface area contributed by atoms with Crippen LogP contribution in [0.4, 0.5) is 0 Å². The second-order valence-electron chi connectivity index (χ2n) is 14.1. The third-order valence-electron chi connectivity index (χ3n) is 10.8. The molecule has 0 heterocycles. The normalized spacial score (nSPS) is 11.3. The zero-order valence-corrected chi connectivity index (χ0v) is 29.8. The van der Waals surface area contributed by atoms with E-state index in [4.69, 9.17) is 0 Å². The summed E-state index contributed by atoms with van der Waals surface area (Å²) in [6, 6.07) is 79.9. The number of benzene rings is 10. The molecule has 0 spiro atoms. The van der Waals surface area contributed by atoms with Crippen LogP contribution >= 0.6 is 0 Å². The van der Waals surface area contributed by atoms with Crippen LogP contribution in [0.2, 0.25) is 0 Å². The van der Waals surface area contributed by atoms with Crippen LogP contribution in [-0.4, -0.2) is 0 Å². The van der Waals surface area contributed by atoms with Gasteiger partial charge in [-0.1, -0.05) is 170 Å². The average Bonchev–Trinajstić information content (AvgIpc) is 3.26. The quantitative estimate of drug-likeness (QED) is 0.153. The molecule has 10 aromatic carbocycles. The summed E-state index contributed by atoms with van der Waals surface area (Å²) < 4.78 is 0. The fourth-order valence-corrected chi connectivity index (χ4v) is 8.21. The summed E-state index contributed by atoms with van der Waals surface area (Å²) in [6.07, 6.45) is 0. The predicted molar refractivity (Wildman–Crippen MR) is 232 cm³/mol. The third kappa shape index (κ3) is 5.75. The summed E-state index contributed by atoms with van der Waals surface area (Å²) in [5.74, 6) is 0. The first-order valence-corrected chi connectivity index (χ1v) is 18.7. The molecule has 0 saturated carbocycles. The predicted octanol–water partition coefficient (Wildman–Crippen LogP) is 15.1. The van der Waals surface area contributed by atoms with Crippen molar-refractivity contribution in [3.05, 3.63) is 218 Å². The van der Waals surface area contributed by atoms with Crippen LogP contribution in [0.1, 0.15) is 0 Å². The van der Waals surface area contributed by atoms with E-state index in [1.54, 1.807) is 0 Å². The van der Waals surface area contributed by atoms with E-state index in [-0.39, 0.29) is 0 Å². The summed E-state index contributed by atoms with van der Waals surface area (Å²) >= 11 is 0. The Bertz CT molecular complexity index is 2630. The van der Waals surface area contributed by atoms with Gasteiger partial charge in [0.05, 0.1) is 0 Å². The topological polar surface area (TPSA) is 0 Å². The van der Waals surface area contributed by atoms with E-state index in [0.29, 0.717) is 0 Å². The Morgan fingerprint density at radius 2 is 0.444 bits per heavy atom. The van der Waals surface area contributed by atoms with Crippen LogP contribution in [0.3, 0.4) is 0 Å². The van der Waals surface area contributed by atoms with Gasteiger partial charge in [-0.2, -0.15) is 0 Å². The van der Waals surface area contributed by atoms with Gasteiger partial charge in [-0.05, 0) is 148 Å². The SMILES string of the molecule is c1ccc(-c2cc(-c3ccccc3)cc(-c3cc4cc(-c5cc(-c6ccccc6)cc(-c6ccccc6)c5)c5ccccc5c4c4ccccc34)c2)cc1. The Labute approximate surface area is 316 Å². The van der Waals surface area contributed by atoms with Crippen LogP contribution in [-0.2, 0) is 0 Å². The van der Waals surface area contributed by atoms with Gasteiger partial charge in [0.1, 0.15) is 0 Å². The van der Waals surface area contributed by atoms with E-state index in [9.17, 15) is 0 Å². The largest absolute Gasteiger partial charge is 0.0622 e. The van der Waals surface area contributed by atoms with E-state index < -0.39 is 0 Å². The van der Waals surface area contributed by atoms with Gasteiger partial charge in [-0.25, -0.2) is 0 Å². The van der Waals surface area contributed by atoms with Crippen molar-refractivity contribution in [1.29, 1.82) is 0 Å². The smallest absolute Gasteiger partial charge is 0.00259 e. The Morgan fingerprint density at radius 3 is 0.759 bits per heavy atom. The molecule has 252 valence electrons. The van der Waals surface area contributed by atoms with Gasteiger partial charge >= 0.3 is 0 Å². The van der Waals surface area contributed by atoms with Gasteiger partial charge in [0.15, 0.2) is 0 Å². The lowest BCUT2D eigenvalue weighted by Crippen LogP contribution is -1.91. The summed E-state index contributed by atoms with van der Waals surface area (Å²) in [6.45, 7) is 0. The highest BCUT2D eigenvalue weighted by molar-refractivity contribution is 6.26. The minimum absolute atomic E-state index is 1.21. The lowest BCUT2D eigenvalue weighted by Gasteiger charge is -2.18. The molecule has 0 aliphatic carbocycles. The highest BCUT2D eigenvalue weighted by atomic mass is 14.2. The minimum Gasteiger partial charge on any atom is -0.0622 e. The van der Waals surface area contributed by atoms with Crippen LogP contribution in [0.15, 0.2) is 218 Å². The minimum atomic E-state index is 1.21. The molecule has 0 unspecified atom stereocenters.